The summed E-state index contributed by atoms with van der Waals surface area (Å²) in [6.45, 7) is 0.639. The molecule has 0 saturated carbocycles. The molecule has 5 heteroatoms. The van der Waals surface area contributed by atoms with Crippen LogP contribution in [0.25, 0.3) is 11.0 Å². The van der Waals surface area contributed by atoms with Gasteiger partial charge in [0.2, 0.25) is 0 Å². The lowest BCUT2D eigenvalue weighted by molar-refractivity contribution is 0.354. The van der Waals surface area contributed by atoms with Gasteiger partial charge in [-0.15, -0.1) is 0 Å². The lowest BCUT2D eigenvalue weighted by atomic mass is 10.1. The highest BCUT2D eigenvalue weighted by atomic mass is 16.5. The van der Waals surface area contributed by atoms with Crippen molar-refractivity contribution in [3.8, 4) is 17.6 Å². The Hall–Kier alpha value is -3.00. The molecule has 0 radical (unpaired) electrons. The Balaban J connectivity index is 1.99. The number of benzene rings is 2. The zero-order valence-electron chi connectivity index (χ0n) is 13.8. The minimum atomic E-state index is 0.458. The predicted molar refractivity (Wildman–Crippen MR) is 92.3 cm³/mol. The van der Waals surface area contributed by atoms with Gasteiger partial charge in [0.15, 0.2) is 11.5 Å². The van der Waals surface area contributed by atoms with Crippen LogP contribution in [0.4, 0.5) is 0 Å². The van der Waals surface area contributed by atoms with Gasteiger partial charge < -0.3 is 14.0 Å². The Labute approximate surface area is 141 Å². The molecule has 0 aliphatic carbocycles. The molecular formula is C19H19N3O2. The SMILES string of the molecule is COc1ccc(Cc2nc3ccccc3n2CCC#N)cc1OC. The molecule has 122 valence electrons. The maximum atomic E-state index is 8.93. The highest BCUT2D eigenvalue weighted by Crippen LogP contribution is 2.29. The third kappa shape index (κ3) is 3.04. The third-order valence-corrected chi connectivity index (χ3v) is 3.99. The van der Waals surface area contributed by atoms with E-state index in [1.165, 1.54) is 0 Å². The lowest BCUT2D eigenvalue weighted by Crippen LogP contribution is -2.05. The van der Waals surface area contributed by atoms with Gasteiger partial charge in [-0.3, -0.25) is 0 Å². The third-order valence-electron chi connectivity index (χ3n) is 3.99. The van der Waals surface area contributed by atoms with Crippen LogP contribution in [0.1, 0.15) is 17.8 Å². The van der Waals surface area contributed by atoms with Crippen molar-refractivity contribution in [2.75, 3.05) is 14.2 Å². The molecule has 3 rings (SSSR count). The molecule has 0 saturated heterocycles. The number of methoxy groups -OCH3 is 2. The summed E-state index contributed by atoms with van der Waals surface area (Å²) in [7, 11) is 3.25. The smallest absolute Gasteiger partial charge is 0.161 e. The summed E-state index contributed by atoms with van der Waals surface area (Å²) >= 11 is 0. The molecule has 0 atom stereocenters. The van der Waals surface area contributed by atoms with Crippen LogP contribution >= 0.6 is 0 Å². The largest absolute Gasteiger partial charge is 0.493 e. The quantitative estimate of drug-likeness (QED) is 0.696. The zero-order valence-corrected chi connectivity index (χ0v) is 13.8. The van der Waals surface area contributed by atoms with E-state index >= 15 is 0 Å². The van der Waals surface area contributed by atoms with Gasteiger partial charge in [0.1, 0.15) is 5.82 Å². The van der Waals surface area contributed by atoms with Gasteiger partial charge in [0, 0.05) is 13.0 Å². The van der Waals surface area contributed by atoms with E-state index in [9.17, 15) is 0 Å². The fourth-order valence-corrected chi connectivity index (χ4v) is 2.84. The summed E-state index contributed by atoms with van der Waals surface area (Å²) in [5.41, 5.74) is 3.09. The monoisotopic (exact) mass is 321 g/mol. The first-order chi connectivity index (χ1) is 11.8. The van der Waals surface area contributed by atoms with E-state index < -0.39 is 0 Å². The van der Waals surface area contributed by atoms with Crippen LogP contribution in [0.3, 0.4) is 0 Å². The fraction of sp³-hybridized carbons (Fsp3) is 0.263. The van der Waals surface area contributed by atoms with Crippen LogP contribution in [-0.4, -0.2) is 23.8 Å². The van der Waals surface area contributed by atoms with Gasteiger partial charge in [0.25, 0.3) is 0 Å². The molecule has 1 heterocycles. The first-order valence-corrected chi connectivity index (χ1v) is 7.79. The average Bonchev–Trinajstić information content (AvgIpc) is 2.96. The summed E-state index contributed by atoms with van der Waals surface area (Å²) < 4.78 is 12.8. The second-order valence-corrected chi connectivity index (χ2v) is 5.44. The van der Waals surface area contributed by atoms with Crippen molar-refractivity contribution in [1.29, 1.82) is 5.26 Å². The van der Waals surface area contributed by atoms with Crippen LogP contribution in [0.5, 0.6) is 11.5 Å². The number of nitrogens with zero attached hydrogens (tertiary/aromatic N) is 3. The molecule has 1 aromatic heterocycles. The summed E-state index contributed by atoms with van der Waals surface area (Å²) in [4.78, 5) is 4.74. The number of ether oxygens (including phenoxy) is 2. The van der Waals surface area contributed by atoms with Gasteiger partial charge >= 0.3 is 0 Å². The minimum Gasteiger partial charge on any atom is -0.493 e. The Morgan fingerprint density at radius 1 is 1.08 bits per heavy atom. The second-order valence-electron chi connectivity index (χ2n) is 5.44. The number of hydrogen-bond acceptors (Lipinski definition) is 4. The van der Waals surface area contributed by atoms with E-state index in [0.717, 1.165) is 22.4 Å². The summed E-state index contributed by atoms with van der Waals surface area (Å²) in [5.74, 6) is 2.35. The standard InChI is InChI=1S/C19H19N3O2/c1-23-17-9-8-14(12-18(17)24-2)13-19-21-15-6-3-4-7-16(15)22(19)11-5-10-20/h3-4,6-9,12H,5,11,13H2,1-2H3. The van der Waals surface area contributed by atoms with Crippen molar-refractivity contribution in [2.45, 2.75) is 19.4 Å². The number of imidazole rings is 1. The Bertz CT molecular complexity index is 893. The molecule has 0 fully saturated rings. The van der Waals surface area contributed by atoms with Crippen LogP contribution in [-0.2, 0) is 13.0 Å². The van der Waals surface area contributed by atoms with Crippen molar-refractivity contribution in [1.82, 2.24) is 9.55 Å². The Morgan fingerprint density at radius 3 is 2.62 bits per heavy atom. The van der Waals surface area contributed by atoms with Crippen molar-refractivity contribution in [3.05, 3.63) is 53.9 Å². The lowest BCUT2D eigenvalue weighted by Gasteiger charge is -2.10. The molecule has 0 amide bonds. The molecule has 24 heavy (non-hydrogen) atoms. The number of fused-ring (bicyclic) bond motifs is 1. The molecule has 0 N–H and O–H groups in total. The summed E-state index contributed by atoms with van der Waals surface area (Å²) in [5, 5.41) is 8.93. The molecule has 2 aromatic carbocycles. The van der Waals surface area contributed by atoms with E-state index in [0.29, 0.717) is 30.9 Å². The normalized spacial score (nSPS) is 10.5. The summed E-state index contributed by atoms with van der Waals surface area (Å²) in [6, 6.07) is 16.1. The van der Waals surface area contributed by atoms with Gasteiger partial charge in [-0.25, -0.2) is 4.98 Å². The topological polar surface area (TPSA) is 60.1 Å². The molecule has 3 aromatic rings. The molecule has 0 spiro atoms. The molecule has 0 aliphatic heterocycles. The van der Waals surface area contributed by atoms with Gasteiger partial charge in [-0.1, -0.05) is 18.2 Å². The first-order valence-electron chi connectivity index (χ1n) is 7.79. The number of aromatic nitrogens is 2. The molecular weight excluding hydrogens is 302 g/mol. The van der Waals surface area contributed by atoms with Crippen LogP contribution < -0.4 is 9.47 Å². The molecule has 0 aliphatic rings. The highest BCUT2D eigenvalue weighted by molar-refractivity contribution is 5.76. The van der Waals surface area contributed by atoms with Crippen LogP contribution in [0.2, 0.25) is 0 Å². The summed E-state index contributed by atoms with van der Waals surface area (Å²) in [6.07, 6.45) is 1.12. The van der Waals surface area contributed by atoms with Crippen molar-refractivity contribution >= 4 is 11.0 Å². The molecule has 0 unspecified atom stereocenters. The zero-order chi connectivity index (χ0) is 16.9. The number of aryl methyl sites for hydroxylation is 1. The first kappa shape index (κ1) is 15.9. The van der Waals surface area contributed by atoms with E-state index in [-0.39, 0.29) is 0 Å². The molecule has 5 nitrogen and oxygen atoms in total. The van der Waals surface area contributed by atoms with Crippen LogP contribution in [0, 0.1) is 11.3 Å². The van der Waals surface area contributed by atoms with Crippen molar-refractivity contribution in [2.24, 2.45) is 0 Å². The average molecular weight is 321 g/mol. The van der Waals surface area contributed by atoms with E-state index in [1.807, 2.05) is 42.5 Å². The molecule has 0 bridgehead atoms. The number of nitriles is 1. The van der Waals surface area contributed by atoms with Gasteiger partial charge in [0.05, 0.1) is 37.7 Å². The van der Waals surface area contributed by atoms with E-state index in [1.54, 1.807) is 14.2 Å². The highest BCUT2D eigenvalue weighted by Gasteiger charge is 2.12. The number of rotatable bonds is 6. The number of hydrogen-bond donors (Lipinski definition) is 0. The Morgan fingerprint density at radius 2 is 1.88 bits per heavy atom. The van der Waals surface area contributed by atoms with E-state index in [2.05, 4.69) is 10.6 Å². The Kier molecular flexibility index (Phi) is 4.66. The van der Waals surface area contributed by atoms with Crippen molar-refractivity contribution in [3.63, 3.8) is 0 Å². The fourth-order valence-electron chi connectivity index (χ4n) is 2.84. The van der Waals surface area contributed by atoms with Gasteiger partial charge in [-0.05, 0) is 29.8 Å². The van der Waals surface area contributed by atoms with E-state index in [4.69, 9.17) is 19.7 Å². The maximum absolute atomic E-state index is 8.93. The van der Waals surface area contributed by atoms with Crippen molar-refractivity contribution < 1.29 is 9.47 Å². The minimum absolute atomic E-state index is 0.458. The maximum Gasteiger partial charge on any atom is 0.161 e. The number of para-hydroxylation sites is 2. The van der Waals surface area contributed by atoms with Gasteiger partial charge in [-0.2, -0.15) is 5.26 Å². The second kappa shape index (κ2) is 7.05. The predicted octanol–water partition coefficient (Wildman–Crippen LogP) is 3.56. The van der Waals surface area contributed by atoms with Crippen LogP contribution in [0.15, 0.2) is 42.5 Å².